The van der Waals surface area contributed by atoms with E-state index in [-0.39, 0.29) is 29.0 Å². The summed E-state index contributed by atoms with van der Waals surface area (Å²) in [5, 5.41) is 6.43. The number of amides is 2. The summed E-state index contributed by atoms with van der Waals surface area (Å²) in [5.74, 6) is -1.08. The van der Waals surface area contributed by atoms with Crippen LogP contribution >= 0.6 is 35.0 Å². The fourth-order valence-electron chi connectivity index (χ4n) is 3.06. The van der Waals surface area contributed by atoms with Crippen molar-refractivity contribution in [2.75, 3.05) is 11.9 Å². The summed E-state index contributed by atoms with van der Waals surface area (Å²) < 4.78 is 19.1. The maximum atomic E-state index is 13.7. The SMILES string of the molecule is Cc1ccc(Cl)cc1N=C1NC(=O)/C(=C/c2ccc(OCC(=O)Nc3ccccc3F)c(Cl)c2)S1. The highest BCUT2D eigenvalue weighted by atomic mass is 35.5. The summed E-state index contributed by atoms with van der Waals surface area (Å²) in [4.78, 5) is 29.4. The smallest absolute Gasteiger partial charge is 0.264 e. The van der Waals surface area contributed by atoms with Crippen molar-refractivity contribution in [2.45, 2.75) is 6.92 Å². The van der Waals surface area contributed by atoms with Crippen LogP contribution in [0.15, 0.2) is 70.6 Å². The Bertz CT molecular complexity index is 1380. The highest BCUT2D eigenvalue weighted by Crippen LogP contribution is 2.32. The zero-order chi connectivity index (χ0) is 24.9. The number of anilines is 1. The lowest BCUT2D eigenvalue weighted by atomic mass is 10.2. The molecule has 0 saturated carbocycles. The number of amidine groups is 1. The van der Waals surface area contributed by atoms with Gasteiger partial charge in [-0.25, -0.2) is 9.38 Å². The fraction of sp³-hybridized carbons (Fsp3) is 0.0800. The minimum Gasteiger partial charge on any atom is -0.482 e. The molecular formula is C25H18Cl2FN3O3S. The topological polar surface area (TPSA) is 79.8 Å². The average Bonchev–Trinajstić information content (AvgIpc) is 3.15. The van der Waals surface area contributed by atoms with E-state index in [0.717, 1.165) is 5.56 Å². The van der Waals surface area contributed by atoms with Crippen molar-refractivity contribution in [1.29, 1.82) is 0 Å². The number of para-hydroxylation sites is 1. The Morgan fingerprint density at radius 1 is 1.17 bits per heavy atom. The van der Waals surface area contributed by atoms with Gasteiger partial charge in [0.05, 0.1) is 21.3 Å². The van der Waals surface area contributed by atoms with Crippen molar-refractivity contribution in [3.05, 3.63) is 92.6 Å². The number of hydrogen-bond donors (Lipinski definition) is 2. The number of nitrogens with one attached hydrogen (secondary N) is 2. The molecule has 2 amide bonds. The van der Waals surface area contributed by atoms with Gasteiger partial charge < -0.3 is 15.4 Å². The quantitative estimate of drug-likeness (QED) is 0.364. The zero-order valence-corrected chi connectivity index (χ0v) is 20.6. The monoisotopic (exact) mass is 529 g/mol. The first-order valence-corrected chi connectivity index (χ1v) is 11.9. The molecule has 0 unspecified atom stereocenters. The van der Waals surface area contributed by atoms with E-state index in [9.17, 15) is 14.0 Å². The Balaban J connectivity index is 1.41. The molecule has 0 aliphatic carbocycles. The van der Waals surface area contributed by atoms with E-state index in [0.29, 0.717) is 26.3 Å². The van der Waals surface area contributed by atoms with Crippen LogP contribution in [0.3, 0.4) is 0 Å². The van der Waals surface area contributed by atoms with Crippen molar-refractivity contribution in [2.24, 2.45) is 4.99 Å². The lowest BCUT2D eigenvalue weighted by molar-refractivity contribution is -0.118. The standard InChI is InChI=1S/C25H18Cl2FN3O3S/c1-14-6-8-16(26)12-20(14)30-25-31-24(33)22(35-25)11-15-7-9-21(17(27)10-15)34-13-23(32)29-19-5-3-2-4-18(19)28/h2-12H,13H2,1H3,(H,29,32)(H,30,31,33)/b22-11-. The van der Waals surface area contributed by atoms with E-state index >= 15 is 0 Å². The number of halogens is 3. The largest absolute Gasteiger partial charge is 0.482 e. The molecule has 1 heterocycles. The second kappa shape index (κ2) is 10.9. The third-order valence-corrected chi connectivity index (χ3v) is 6.24. The highest BCUT2D eigenvalue weighted by molar-refractivity contribution is 8.18. The number of carbonyl (C=O) groups is 2. The average molecular weight is 530 g/mol. The second-order valence-electron chi connectivity index (χ2n) is 7.42. The van der Waals surface area contributed by atoms with Crippen molar-refractivity contribution in [1.82, 2.24) is 5.32 Å². The molecule has 3 aromatic rings. The first-order valence-electron chi connectivity index (χ1n) is 10.3. The molecule has 1 aliphatic rings. The van der Waals surface area contributed by atoms with E-state index in [4.69, 9.17) is 27.9 Å². The summed E-state index contributed by atoms with van der Waals surface area (Å²) in [6.07, 6.45) is 1.67. The number of ether oxygens (including phenoxy) is 1. The molecule has 0 radical (unpaired) electrons. The molecule has 10 heteroatoms. The molecular weight excluding hydrogens is 512 g/mol. The van der Waals surface area contributed by atoms with Crippen molar-refractivity contribution in [3.63, 3.8) is 0 Å². The van der Waals surface area contributed by atoms with Gasteiger partial charge in [0.2, 0.25) is 0 Å². The Kier molecular flexibility index (Phi) is 7.75. The molecule has 35 heavy (non-hydrogen) atoms. The van der Waals surface area contributed by atoms with Crippen molar-refractivity contribution in [3.8, 4) is 5.75 Å². The Morgan fingerprint density at radius 2 is 1.97 bits per heavy atom. The van der Waals surface area contributed by atoms with Gasteiger partial charge in [0.25, 0.3) is 11.8 Å². The molecule has 178 valence electrons. The van der Waals surface area contributed by atoms with E-state index < -0.39 is 11.7 Å². The molecule has 0 atom stereocenters. The summed E-state index contributed by atoms with van der Waals surface area (Å²) in [6, 6.07) is 16.1. The number of hydrogen-bond acceptors (Lipinski definition) is 5. The molecule has 1 fully saturated rings. The zero-order valence-electron chi connectivity index (χ0n) is 18.3. The van der Waals surface area contributed by atoms with Crippen LogP contribution in [0.5, 0.6) is 5.75 Å². The van der Waals surface area contributed by atoms with Crippen molar-refractivity contribution >= 4 is 69.4 Å². The van der Waals surface area contributed by atoms with Gasteiger partial charge in [-0.2, -0.15) is 0 Å². The maximum absolute atomic E-state index is 13.7. The summed E-state index contributed by atoms with van der Waals surface area (Å²) in [6.45, 7) is 1.55. The first-order chi connectivity index (χ1) is 16.8. The van der Waals surface area contributed by atoms with Gasteiger partial charge in [0.1, 0.15) is 11.6 Å². The minimum absolute atomic E-state index is 0.0648. The van der Waals surface area contributed by atoms with Gasteiger partial charge in [-0.1, -0.05) is 47.5 Å². The molecule has 4 rings (SSSR count). The van der Waals surface area contributed by atoms with Gasteiger partial charge in [0, 0.05) is 5.02 Å². The van der Waals surface area contributed by atoms with Crippen LogP contribution in [0.2, 0.25) is 10.0 Å². The Morgan fingerprint density at radius 3 is 2.74 bits per heavy atom. The number of aliphatic imine (C=N–C) groups is 1. The molecule has 1 aliphatic heterocycles. The third kappa shape index (κ3) is 6.42. The predicted octanol–water partition coefficient (Wildman–Crippen LogP) is 6.35. The molecule has 0 aromatic heterocycles. The summed E-state index contributed by atoms with van der Waals surface area (Å²) in [7, 11) is 0. The van der Waals surface area contributed by atoms with Crippen LogP contribution in [0.25, 0.3) is 6.08 Å². The summed E-state index contributed by atoms with van der Waals surface area (Å²) >= 11 is 13.5. The van der Waals surface area contributed by atoms with Gasteiger partial charge >= 0.3 is 0 Å². The number of thioether (sulfide) groups is 1. The summed E-state index contributed by atoms with van der Waals surface area (Å²) in [5.41, 5.74) is 2.33. The molecule has 3 aromatic carbocycles. The van der Waals surface area contributed by atoms with E-state index in [1.165, 1.54) is 30.0 Å². The molecule has 0 bridgehead atoms. The number of aryl methyl sites for hydroxylation is 1. The molecule has 6 nitrogen and oxygen atoms in total. The van der Waals surface area contributed by atoms with Crippen LogP contribution < -0.4 is 15.4 Å². The normalized spacial score (nSPS) is 15.4. The van der Waals surface area contributed by atoms with Crippen LogP contribution in [-0.2, 0) is 9.59 Å². The Labute approximate surface area is 215 Å². The van der Waals surface area contributed by atoms with Crippen LogP contribution in [-0.4, -0.2) is 23.6 Å². The maximum Gasteiger partial charge on any atom is 0.264 e. The number of benzene rings is 3. The van der Waals surface area contributed by atoms with Crippen LogP contribution in [0.4, 0.5) is 15.8 Å². The van der Waals surface area contributed by atoms with Gasteiger partial charge in [-0.3, -0.25) is 9.59 Å². The van der Waals surface area contributed by atoms with E-state index in [1.807, 2.05) is 13.0 Å². The number of nitrogens with zero attached hydrogens (tertiary/aromatic N) is 1. The molecule has 0 spiro atoms. The predicted molar refractivity (Wildman–Crippen MR) is 139 cm³/mol. The van der Waals surface area contributed by atoms with E-state index in [1.54, 1.807) is 42.5 Å². The van der Waals surface area contributed by atoms with Gasteiger partial charge in [-0.05, 0) is 72.3 Å². The van der Waals surface area contributed by atoms with Crippen LogP contribution in [0, 0.1) is 12.7 Å². The van der Waals surface area contributed by atoms with Crippen LogP contribution in [0.1, 0.15) is 11.1 Å². The fourth-order valence-corrected chi connectivity index (χ4v) is 4.31. The number of rotatable bonds is 6. The molecule has 2 N–H and O–H groups in total. The first kappa shape index (κ1) is 24.8. The van der Waals surface area contributed by atoms with E-state index in [2.05, 4.69) is 15.6 Å². The minimum atomic E-state index is -0.541. The van der Waals surface area contributed by atoms with Gasteiger partial charge in [-0.15, -0.1) is 0 Å². The van der Waals surface area contributed by atoms with Crippen molar-refractivity contribution < 1.29 is 18.7 Å². The lowest BCUT2D eigenvalue weighted by Crippen LogP contribution is -2.20. The number of carbonyl (C=O) groups excluding carboxylic acids is 2. The highest BCUT2D eigenvalue weighted by Gasteiger charge is 2.24. The third-order valence-electron chi connectivity index (χ3n) is 4.80. The Hall–Kier alpha value is -3.33. The lowest BCUT2D eigenvalue weighted by Gasteiger charge is -2.10. The van der Waals surface area contributed by atoms with Gasteiger partial charge in [0.15, 0.2) is 11.8 Å². The molecule has 1 saturated heterocycles. The second-order valence-corrected chi connectivity index (χ2v) is 9.29.